The average Bonchev–Trinajstić information content (AvgIpc) is 2.67. The molecular weight excluding hydrogens is 353 g/mol. The molecule has 1 atom stereocenters. The van der Waals surface area contributed by atoms with E-state index in [9.17, 15) is 9.18 Å². The molecular formula is C23H32FN3O. The van der Waals surface area contributed by atoms with Crippen molar-refractivity contribution in [1.82, 2.24) is 15.1 Å². The summed E-state index contributed by atoms with van der Waals surface area (Å²) in [4.78, 5) is 16.9. The number of hydrogen-bond donors (Lipinski definition) is 1. The number of benzene rings is 2. The maximum atomic E-state index is 13.2. The molecule has 0 saturated heterocycles. The van der Waals surface area contributed by atoms with Crippen LogP contribution in [0.4, 0.5) is 4.39 Å². The molecule has 0 aromatic heterocycles. The van der Waals surface area contributed by atoms with Crippen LogP contribution in [0.1, 0.15) is 48.3 Å². The Kier molecular flexibility index (Phi) is 8.15. The van der Waals surface area contributed by atoms with E-state index in [1.54, 1.807) is 12.1 Å². The first-order valence-electron chi connectivity index (χ1n) is 9.84. The van der Waals surface area contributed by atoms with Crippen molar-refractivity contribution in [3.8, 4) is 0 Å². The van der Waals surface area contributed by atoms with Gasteiger partial charge < -0.3 is 10.2 Å². The first kappa shape index (κ1) is 22.1. The summed E-state index contributed by atoms with van der Waals surface area (Å²) in [5.74, 6) is -0.360. The van der Waals surface area contributed by atoms with Crippen LogP contribution in [0, 0.1) is 5.82 Å². The van der Waals surface area contributed by atoms with E-state index in [0.717, 1.165) is 18.7 Å². The molecule has 0 radical (unpaired) electrons. The molecule has 0 spiro atoms. The first-order chi connectivity index (χ1) is 13.3. The highest BCUT2D eigenvalue weighted by Crippen LogP contribution is 2.18. The smallest absolute Gasteiger partial charge is 0.251 e. The molecule has 1 N–H and O–H groups in total. The molecule has 0 bridgehead atoms. The zero-order valence-electron chi connectivity index (χ0n) is 17.6. The van der Waals surface area contributed by atoms with Gasteiger partial charge in [0.1, 0.15) is 5.82 Å². The predicted molar refractivity (Wildman–Crippen MR) is 113 cm³/mol. The van der Waals surface area contributed by atoms with Gasteiger partial charge in [0.15, 0.2) is 0 Å². The highest BCUT2D eigenvalue weighted by molar-refractivity contribution is 5.94. The van der Waals surface area contributed by atoms with Gasteiger partial charge in [-0.25, -0.2) is 4.39 Å². The minimum atomic E-state index is -0.260. The fourth-order valence-electron chi connectivity index (χ4n) is 3.23. The molecule has 0 heterocycles. The molecule has 1 amide bonds. The van der Waals surface area contributed by atoms with E-state index >= 15 is 0 Å². The molecule has 0 saturated carbocycles. The van der Waals surface area contributed by atoms with Crippen molar-refractivity contribution in [3.63, 3.8) is 0 Å². The number of hydrogen-bond acceptors (Lipinski definition) is 3. The molecule has 28 heavy (non-hydrogen) atoms. The lowest BCUT2D eigenvalue weighted by Gasteiger charge is -2.25. The Morgan fingerprint density at radius 3 is 2.14 bits per heavy atom. The Morgan fingerprint density at radius 1 is 1.04 bits per heavy atom. The largest absolute Gasteiger partial charge is 0.350 e. The summed E-state index contributed by atoms with van der Waals surface area (Å²) in [5, 5.41) is 3.00. The van der Waals surface area contributed by atoms with E-state index in [2.05, 4.69) is 31.0 Å². The van der Waals surface area contributed by atoms with Crippen LogP contribution in [0.25, 0.3) is 0 Å². The third kappa shape index (κ3) is 6.14. The van der Waals surface area contributed by atoms with Crippen molar-refractivity contribution in [2.75, 3.05) is 27.2 Å². The molecule has 152 valence electrons. The first-order valence-corrected chi connectivity index (χ1v) is 9.84. The second-order valence-corrected chi connectivity index (χ2v) is 7.59. The Bertz CT molecular complexity index is 741. The minimum absolute atomic E-state index is 0.0204. The lowest BCUT2D eigenvalue weighted by Crippen LogP contribution is -2.34. The summed E-state index contributed by atoms with van der Waals surface area (Å²) in [6.45, 7) is 8.86. The molecule has 2 rings (SSSR count). The number of nitrogens with one attached hydrogen (secondary N) is 1. The van der Waals surface area contributed by atoms with Gasteiger partial charge in [0, 0.05) is 24.7 Å². The highest BCUT2D eigenvalue weighted by atomic mass is 19.1. The molecule has 0 aliphatic heterocycles. The summed E-state index contributed by atoms with van der Waals surface area (Å²) >= 11 is 0. The van der Waals surface area contributed by atoms with Crippen molar-refractivity contribution >= 4 is 5.91 Å². The minimum Gasteiger partial charge on any atom is -0.350 e. The number of amides is 1. The van der Waals surface area contributed by atoms with Gasteiger partial charge in [-0.15, -0.1) is 0 Å². The zero-order valence-corrected chi connectivity index (χ0v) is 17.6. The summed E-state index contributed by atoms with van der Waals surface area (Å²) < 4.78 is 13.2. The van der Waals surface area contributed by atoms with Gasteiger partial charge >= 0.3 is 0 Å². The van der Waals surface area contributed by atoms with Gasteiger partial charge in [0.25, 0.3) is 5.91 Å². The number of carbonyl (C=O) groups is 1. The maximum absolute atomic E-state index is 13.2. The lowest BCUT2D eigenvalue weighted by atomic mass is 10.1. The number of likely N-dealkylation sites (N-methyl/N-ethyl adjacent to an activating group) is 1. The zero-order chi connectivity index (χ0) is 20.7. The van der Waals surface area contributed by atoms with E-state index < -0.39 is 0 Å². The van der Waals surface area contributed by atoms with E-state index in [-0.39, 0.29) is 17.8 Å². The fourth-order valence-corrected chi connectivity index (χ4v) is 3.23. The van der Waals surface area contributed by atoms with Crippen LogP contribution in [0.15, 0.2) is 48.5 Å². The lowest BCUT2D eigenvalue weighted by molar-refractivity contribution is 0.0942. The van der Waals surface area contributed by atoms with E-state index in [0.29, 0.717) is 18.2 Å². The number of rotatable bonds is 9. The van der Waals surface area contributed by atoms with Gasteiger partial charge in [-0.3, -0.25) is 9.69 Å². The van der Waals surface area contributed by atoms with Crippen molar-refractivity contribution in [2.45, 2.75) is 39.4 Å². The fraction of sp³-hybridized carbons (Fsp3) is 0.435. The van der Waals surface area contributed by atoms with Crippen LogP contribution >= 0.6 is 0 Å². The third-order valence-electron chi connectivity index (χ3n) is 5.07. The molecule has 1 unspecified atom stereocenters. The molecule has 5 heteroatoms. The highest BCUT2D eigenvalue weighted by Gasteiger charge is 2.16. The normalized spacial score (nSPS) is 12.6. The SMILES string of the molecule is CCN(Cc1ccc(C(=O)NCC(c2ccc(F)cc2)N(C)C)cc1)C(C)C. The van der Waals surface area contributed by atoms with Crippen LogP contribution in [0.3, 0.4) is 0 Å². The molecule has 2 aromatic rings. The molecule has 2 aromatic carbocycles. The van der Waals surface area contributed by atoms with Crippen LogP contribution in [-0.4, -0.2) is 48.9 Å². The van der Waals surface area contributed by atoms with Gasteiger partial charge in [-0.1, -0.05) is 31.2 Å². The van der Waals surface area contributed by atoms with Crippen LogP contribution in [0.2, 0.25) is 0 Å². The predicted octanol–water partition coefficient (Wildman–Crippen LogP) is 4.09. The standard InChI is InChI=1S/C23H32FN3O/c1-6-27(17(2)3)16-18-7-9-20(10-8-18)23(28)25-15-22(26(4)5)19-11-13-21(24)14-12-19/h7-14,17,22H,6,15-16H2,1-5H3,(H,25,28). The maximum Gasteiger partial charge on any atom is 0.251 e. The van der Waals surface area contributed by atoms with Crippen LogP contribution < -0.4 is 5.32 Å². The van der Waals surface area contributed by atoms with Gasteiger partial charge in [-0.05, 0) is 69.9 Å². The van der Waals surface area contributed by atoms with E-state index in [4.69, 9.17) is 0 Å². The van der Waals surface area contributed by atoms with Crippen molar-refractivity contribution < 1.29 is 9.18 Å². The summed E-state index contributed by atoms with van der Waals surface area (Å²) in [7, 11) is 3.90. The Morgan fingerprint density at radius 2 is 1.64 bits per heavy atom. The monoisotopic (exact) mass is 385 g/mol. The molecule has 4 nitrogen and oxygen atoms in total. The average molecular weight is 386 g/mol. The number of nitrogens with zero attached hydrogens (tertiary/aromatic N) is 2. The van der Waals surface area contributed by atoms with Crippen LogP contribution in [0.5, 0.6) is 0 Å². The van der Waals surface area contributed by atoms with Gasteiger partial charge in [0.05, 0.1) is 6.04 Å². The van der Waals surface area contributed by atoms with Crippen LogP contribution in [-0.2, 0) is 6.54 Å². The number of carbonyl (C=O) groups excluding carboxylic acids is 1. The summed E-state index contributed by atoms with van der Waals surface area (Å²) in [5.41, 5.74) is 2.81. The number of halogens is 1. The van der Waals surface area contributed by atoms with Gasteiger partial charge in [0.2, 0.25) is 0 Å². The second kappa shape index (κ2) is 10.3. The summed E-state index contributed by atoms with van der Waals surface area (Å²) in [6, 6.07) is 14.7. The molecule has 0 fully saturated rings. The molecule has 0 aliphatic carbocycles. The summed E-state index contributed by atoms with van der Waals surface area (Å²) in [6.07, 6.45) is 0. The third-order valence-corrected chi connectivity index (χ3v) is 5.07. The quantitative estimate of drug-likeness (QED) is 0.706. The Balaban J connectivity index is 1.98. The van der Waals surface area contributed by atoms with Crippen molar-refractivity contribution in [3.05, 3.63) is 71.0 Å². The molecule has 0 aliphatic rings. The van der Waals surface area contributed by atoms with E-state index in [1.807, 2.05) is 43.3 Å². The Hall–Kier alpha value is -2.24. The van der Waals surface area contributed by atoms with Crippen molar-refractivity contribution in [2.24, 2.45) is 0 Å². The van der Waals surface area contributed by atoms with E-state index in [1.165, 1.54) is 17.7 Å². The van der Waals surface area contributed by atoms with Gasteiger partial charge in [-0.2, -0.15) is 0 Å². The topological polar surface area (TPSA) is 35.6 Å². The van der Waals surface area contributed by atoms with Crippen molar-refractivity contribution in [1.29, 1.82) is 0 Å². The Labute approximate surface area is 168 Å². The second-order valence-electron chi connectivity index (χ2n) is 7.59.